The predicted octanol–water partition coefficient (Wildman–Crippen LogP) is 1.38. The van der Waals surface area contributed by atoms with Gasteiger partial charge >= 0.3 is 0 Å². The zero-order valence-corrected chi connectivity index (χ0v) is 8.12. The topological polar surface area (TPSA) is 45.2 Å². The number of aromatic nitrogens is 1. The summed E-state index contributed by atoms with van der Waals surface area (Å²) in [6, 6.07) is 3.89. The van der Waals surface area contributed by atoms with E-state index in [1.807, 2.05) is 24.5 Å². The molecule has 0 saturated heterocycles. The van der Waals surface area contributed by atoms with Gasteiger partial charge in [-0.25, -0.2) is 4.21 Å². The molecule has 5 heteroatoms. The fourth-order valence-corrected chi connectivity index (χ4v) is 0.976. The molecule has 0 aliphatic carbocycles. The van der Waals surface area contributed by atoms with E-state index < -0.39 is 11.0 Å². The first-order valence-corrected chi connectivity index (χ1v) is 4.26. The fraction of sp³-hybridized carbons (Fsp3) is 0. The Morgan fingerprint density at radius 1 is 1.25 bits per heavy atom. The second-order valence-electron chi connectivity index (χ2n) is 1.74. The molecule has 3 nitrogen and oxygen atoms in total. The molecule has 1 aromatic heterocycles. The number of aromatic amines is 1. The summed E-state index contributed by atoms with van der Waals surface area (Å²) < 4.78 is 13.5. The van der Waals surface area contributed by atoms with Crippen molar-refractivity contribution in [2.45, 2.75) is 0 Å². The van der Waals surface area contributed by atoms with Crippen molar-refractivity contribution in [1.29, 1.82) is 0 Å². The Hall–Kier alpha value is -0.810. The highest BCUT2D eigenvalue weighted by Crippen LogP contribution is 1.90. The molecular formula is C7H10N2OS2. The van der Waals surface area contributed by atoms with Crippen molar-refractivity contribution in [2.24, 2.45) is 4.40 Å². The molecule has 0 spiro atoms. The van der Waals surface area contributed by atoms with Gasteiger partial charge in [-0.3, -0.25) is 0 Å². The van der Waals surface area contributed by atoms with Crippen molar-refractivity contribution in [2.75, 3.05) is 0 Å². The molecule has 0 aromatic carbocycles. The van der Waals surface area contributed by atoms with E-state index in [9.17, 15) is 4.21 Å². The van der Waals surface area contributed by atoms with Crippen LogP contribution in [0.1, 0.15) is 0 Å². The third kappa shape index (κ3) is 4.92. The number of allylic oxidation sites excluding steroid dienone is 1. The standard InChI is InChI=1S/C4H5N.C3H3NOS.H2S/c1-2-4-5-3-1;5-6-3-1-2-4-6;/h1-5H;1-3H;1H2. The Morgan fingerprint density at radius 2 is 1.92 bits per heavy atom. The van der Waals surface area contributed by atoms with Gasteiger partial charge in [0, 0.05) is 24.0 Å². The molecule has 66 valence electrons. The third-order valence-corrected chi connectivity index (χ3v) is 1.66. The van der Waals surface area contributed by atoms with E-state index in [0.29, 0.717) is 0 Å². The fourth-order valence-electron chi connectivity index (χ4n) is 0.510. The summed E-state index contributed by atoms with van der Waals surface area (Å²) >= 11 is 0. The highest BCUT2D eigenvalue weighted by molar-refractivity contribution is 7.87. The lowest BCUT2D eigenvalue weighted by Crippen LogP contribution is -1.64. The van der Waals surface area contributed by atoms with Gasteiger partial charge in [0.25, 0.3) is 0 Å². The molecule has 1 aromatic rings. The van der Waals surface area contributed by atoms with Crippen molar-refractivity contribution in [1.82, 2.24) is 4.98 Å². The van der Waals surface area contributed by atoms with E-state index in [2.05, 4.69) is 9.38 Å². The molecule has 0 saturated carbocycles. The molecule has 1 atom stereocenters. The normalized spacial score (nSPS) is 17.8. The van der Waals surface area contributed by atoms with Gasteiger partial charge in [-0.1, -0.05) is 0 Å². The lowest BCUT2D eigenvalue weighted by molar-refractivity contribution is 0.690. The second-order valence-corrected chi connectivity index (χ2v) is 2.78. The van der Waals surface area contributed by atoms with E-state index in [-0.39, 0.29) is 13.5 Å². The molecule has 0 radical (unpaired) electrons. The Balaban J connectivity index is 0.000000189. The van der Waals surface area contributed by atoms with Gasteiger partial charge in [-0.15, -0.1) is 0 Å². The minimum atomic E-state index is -1.03. The van der Waals surface area contributed by atoms with Gasteiger partial charge in [0.15, 0.2) is 11.0 Å². The number of nitrogens with one attached hydrogen (secondary N) is 1. The van der Waals surface area contributed by atoms with Gasteiger partial charge in [0.05, 0.1) is 0 Å². The number of H-pyrrole nitrogens is 1. The monoisotopic (exact) mass is 202 g/mol. The maximum absolute atomic E-state index is 10.1. The maximum Gasteiger partial charge on any atom is 0.165 e. The second kappa shape index (κ2) is 6.87. The Morgan fingerprint density at radius 3 is 2.08 bits per heavy atom. The molecule has 1 aliphatic heterocycles. The van der Waals surface area contributed by atoms with Crippen molar-refractivity contribution >= 4 is 30.7 Å². The summed E-state index contributed by atoms with van der Waals surface area (Å²) in [5.41, 5.74) is 0. The summed E-state index contributed by atoms with van der Waals surface area (Å²) in [6.45, 7) is 0. The van der Waals surface area contributed by atoms with Crippen molar-refractivity contribution in [3.8, 4) is 0 Å². The Labute approximate surface area is 80.6 Å². The number of nitrogens with zero attached hydrogens (tertiary/aromatic N) is 1. The van der Waals surface area contributed by atoms with Crippen LogP contribution in [0.25, 0.3) is 0 Å². The SMILES string of the molecule is O=S1C=CC=N1.S.c1cc[nH]c1. The average Bonchev–Trinajstić information content (AvgIpc) is 2.57. The van der Waals surface area contributed by atoms with Crippen LogP contribution in [0.5, 0.6) is 0 Å². The van der Waals surface area contributed by atoms with E-state index in [1.165, 1.54) is 11.6 Å². The first kappa shape index (κ1) is 11.2. The summed E-state index contributed by atoms with van der Waals surface area (Å²) in [7, 11) is -1.03. The number of hydrogen-bond acceptors (Lipinski definition) is 1. The molecule has 0 bridgehead atoms. The quantitative estimate of drug-likeness (QED) is 0.678. The molecular weight excluding hydrogens is 192 g/mol. The van der Waals surface area contributed by atoms with Gasteiger partial charge in [0.2, 0.25) is 0 Å². The third-order valence-electron chi connectivity index (χ3n) is 0.942. The predicted molar refractivity (Wildman–Crippen MR) is 56.9 cm³/mol. The van der Waals surface area contributed by atoms with Gasteiger partial charge in [-0.05, 0) is 18.2 Å². The molecule has 0 amide bonds. The maximum atomic E-state index is 10.1. The summed E-state index contributed by atoms with van der Waals surface area (Å²) in [6.07, 6.45) is 6.94. The first-order chi connectivity index (χ1) is 5.39. The van der Waals surface area contributed by atoms with Crippen LogP contribution in [0, 0.1) is 0 Å². The minimum absolute atomic E-state index is 0. The molecule has 1 N–H and O–H groups in total. The Kier molecular flexibility index (Phi) is 6.41. The van der Waals surface area contributed by atoms with Gasteiger partial charge < -0.3 is 4.98 Å². The highest BCUT2D eigenvalue weighted by Gasteiger charge is 1.87. The lowest BCUT2D eigenvalue weighted by Gasteiger charge is -1.65. The first-order valence-electron chi connectivity index (χ1n) is 3.09. The van der Waals surface area contributed by atoms with E-state index in [1.54, 1.807) is 6.08 Å². The Bertz CT molecular complexity index is 236. The summed E-state index contributed by atoms with van der Waals surface area (Å²) in [4.78, 5) is 2.86. The zero-order chi connectivity index (χ0) is 7.94. The van der Waals surface area contributed by atoms with Crippen LogP contribution >= 0.6 is 13.5 Å². The van der Waals surface area contributed by atoms with Crippen LogP contribution in [-0.4, -0.2) is 15.4 Å². The van der Waals surface area contributed by atoms with Crippen molar-refractivity contribution < 1.29 is 4.21 Å². The van der Waals surface area contributed by atoms with Crippen LogP contribution in [0.3, 0.4) is 0 Å². The molecule has 2 heterocycles. The average molecular weight is 202 g/mol. The van der Waals surface area contributed by atoms with Gasteiger partial charge in [-0.2, -0.15) is 17.9 Å². The molecule has 2 rings (SSSR count). The van der Waals surface area contributed by atoms with Crippen molar-refractivity contribution in [3.05, 3.63) is 36.0 Å². The van der Waals surface area contributed by atoms with Crippen LogP contribution in [0.15, 0.2) is 40.4 Å². The molecule has 1 unspecified atom stereocenters. The van der Waals surface area contributed by atoms with E-state index in [0.717, 1.165) is 0 Å². The zero-order valence-electron chi connectivity index (χ0n) is 6.31. The van der Waals surface area contributed by atoms with Gasteiger partial charge in [0.1, 0.15) is 0 Å². The number of rotatable bonds is 0. The van der Waals surface area contributed by atoms with E-state index >= 15 is 0 Å². The lowest BCUT2D eigenvalue weighted by atomic mass is 10.7. The van der Waals surface area contributed by atoms with Crippen LogP contribution < -0.4 is 0 Å². The van der Waals surface area contributed by atoms with Crippen LogP contribution in [0.2, 0.25) is 0 Å². The number of hydrogen-bond donors (Lipinski definition) is 1. The summed E-state index contributed by atoms with van der Waals surface area (Å²) in [5.74, 6) is 0. The van der Waals surface area contributed by atoms with Crippen LogP contribution in [0.4, 0.5) is 0 Å². The summed E-state index contributed by atoms with van der Waals surface area (Å²) in [5, 5.41) is 1.53. The smallest absolute Gasteiger partial charge is 0.165 e. The highest BCUT2D eigenvalue weighted by atomic mass is 32.2. The van der Waals surface area contributed by atoms with Crippen LogP contribution in [-0.2, 0) is 11.0 Å². The minimum Gasteiger partial charge on any atom is -0.368 e. The van der Waals surface area contributed by atoms with E-state index in [4.69, 9.17) is 0 Å². The molecule has 1 aliphatic rings. The molecule has 0 fully saturated rings. The largest absolute Gasteiger partial charge is 0.368 e. The van der Waals surface area contributed by atoms with Crippen molar-refractivity contribution in [3.63, 3.8) is 0 Å². The molecule has 12 heavy (non-hydrogen) atoms.